The SMILES string of the molecule is Cc1ccc(OP2OCC3(CO2)COP(Oc2ccc(C(C)(C)C)cc2C(C)(C)C)OC3)c(C(C)(C)C)c1. The predicted octanol–water partition coefficient (Wildman–Crippen LogP) is 8.88. The van der Waals surface area contributed by atoms with Crippen LogP contribution in [0.3, 0.4) is 0 Å². The van der Waals surface area contributed by atoms with Crippen molar-refractivity contribution in [1.82, 2.24) is 0 Å². The van der Waals surface area contributed by atoms with Gasteiger partial charge in [-0.15, -0.1) is 0 Å². The van der Waals surface area contributed by atoms with Crippen molar-refractivity contribution in [2.75, 3.05) is 26.4 Å². The van der Waals surface area contributed by atoms with Crippen LogP contribution in [0.2, 0.25) is 0 Å². The van der Waals surface area contributed by atoms with E-state index in [0.717, 1.165) is 22.6 Å². The van der Waals surface area contributed by atoms with Crippen molar-refractivity contribution in [2.24, 2.45) is 5.41 Å². The minimum atomic E-state index is -1.51. The van der Waals surface area contributed by atoms with Gasteiger partial charge in [-0.3, -0.25) is 0 Å². The third-order valence-electron chi connectivity index (χ3n) is 6.85. The average Bonchev–Trinajstić information content (AvgIpc) is 2.81. The van der Waals surface area contributed by atoms with Crippen molar-refractivity contribution in [1.29, 1.82) is 0 Å². The summed E-state index contributed by atoms with van der Waals surface area (Å²) in [6.07, 6.45) is 0. The number of hydrogen-bond donors (Lipinski definition) is 0. The van der Waals surface area contributed by atoms with Gasteiger partial charge in [0.2, 0.25) is 0 Å². The lowest BCUT2D eigenvalue weighted by Gasteiger charge is -2.41. The summed E-state index contributed by atoms with van der Waals surface area (Å²) in [5.74, 6) is 1.62. The highest BCUT2D eigenvalue weighted by molar-refractivity contribution is 7.42. The molecule has 0 aromatic heterocycles. The van der Waals surface area contributed by atoms with Crippen LogP contribution >= 0.6 is 17.2 Å². The molecule has 0 aliphatic carbocycles. The van der Waals surface area contributed by atoms with E-state index in [9.17, 15) is 0 Å². The van der Waals surface area contributed by atoms with Crippen LogP contribution < -0.4 is 9.05 Å². The zero-order valence-corrected chi connectivity index (χ0v) is 26.4. The standard InChI is InChI=1S/C30H44O6P2/c1-21-11-13-25(23(15-21)28(5,6)7)35-37-31-17-30(18-32-37)19-33-38(34-20-30)36-26-14-12-22(27(2,3)4)16-24(26)29(8,9)10/h11-16H,17-20H2,1-10H3. The summed E-state index contributed by atoms with van der Waals surface area (Å²) in [6, 6.07) is 12.7. The molecule has 0 atom stereocenters. The van der Waals surface area contributed by atoms with Crippen LogP contribution in [0, 0.1) is 12.3 Å². The smallest absolute Gasteiger partial charge is 0.397 e. The summed E-state index contributed by atoms with van der Waals surface area (Å²) >= 11 is 0. The minimum absolute atomic E-state index is 0.0458. The van der Waals surface area contributed by atoms with E-state index in [0.29, 0.717) is 26.4 Å². The van der Waals surface area contributed by atoms with Gasteiger partial charge in [0.1, 0.15) is 11.5 Å². The molecule has 0 bridgehead atoms. The quantitative estimate of drug-likeness (QED) is 0.347. The van der Waals surface area contributed by atoms with Crippen LogP contribution in [0.5, 0.6) is 11.5 Å². The summed E-state index contributed by atoms with van der Waals surface area (Å²) in [5, 5.41) is 0. The summed E-state index contributed by atoms with van der Waals surface area (Å²) < 4.78 is 36.8. The van der Waals surface area contributed by atoms with E-state index >= 15 is 0 Å². The molecule has 2 heterocycles. The van der Waals surface area contributed by atoms with Gasteiger partial charge in [0.25, 0.3) is 0 Å². The molecule has 8 heteroatoms. The fraction of sp³-hybridized carbons (Fsp3) is 0.600. The van der Waals surface area contributed by atoms with E-state index in [2.05, 4.69) is 99.6 Å². The number of aryl methyl sites for hydroxylation is 1. The Labute approximate surface area is 231 Å². The molecule has 2 aromatic carbocycles. The Bertz CT molecular complexity index is 1110. The number of hydrogen-bond acceptors (Lipinski definition) is 6. The second kappa shape index (κ2) is 11.0. The normalized spacial score (nSPS) is 24.9. The predicted molar refractivity (Wildman–Crippen MR) is 155 cm³/mol. The van der Waals surface area contributed by atoms with Gasteiger partial charge in [-0.05, 0) is 40.9 Å². The molecule has 2 saturated heterocycles. The number of benzene rings is 2. The molecule has 0 radical (unpaired) electrons. The molecule has 0 amide bonds. The van der Waals surface area contributed by atoms with Crippen LogP contribution in [-0.4, -0.2) is 26.4 Å². The molecule has 0 N–H and O–H groups in total. The van der Waals surface area contributed by atoms with E-state index in [1.807, 2.05) is 6.07 Å². The van der Waals surface area contributed by atoms with Crippen molar-refractivity contribution >= 4 is 17.2 Å². The molecule has 210 valence electrons. The third-order valence-corrected chi connectivity index (χ3v) is 8.90. The highest BCUT2D eigenvalue weighted by Gasteiger charge is 2.45. The topological polar surface area (TPSA) is 55.4 Å². The van der Waals surface area contributed by atoms with E-state index in [1.165, 1.54) is 11.1 Å². The van der Waals surface area contributed by atoms with E-state index in [4.69, 9.17) is 27.1 Å². The third kappa shape index (κ3) is 7.08. The first-order chi connectivity index (χ1) is 17.6. The van der Waals surface area contributed by atoms with Crippen LogP contribution in [0.25, 0.3) is 0 Å². The van der Waals surface area contributed by atoms with Crippen molar-refractivity contribution in [2.45, 2.75) is 85.5 Å². The summed E-state index contributed by atoms with van der Waals surface area (Å²) in [4.78, 5) is 0. The van der Waals surface area contributed by atoms with Crippen molar-refractivity contribution in [3.8, 4) is 11.5 Å². The fourth-order valence-corrected chi connectivity index (χ4v) is 6.84. The molecule has 0 saturated carbocycles. The van der Waals surface area contributed by atoms with Crippen molar-refractivity contribution < 1.29 is 27.1 Å². The van der Waals surface area contributed by atoms with Crippen molar-refractivity contribution in [3.05, 3.63) is 58.7 Å². The molecule has 2 aliphatic heterocycles. The first-order valence-corrected chi connectivity index (χ1v) is 15.5. The maximum absolute atomic E-state index is 6.29. The lowest BCUT2D eigenvalue weighted by Crippen LogP contribution is -2.45. The Hall–Kier alpha value is -1.26. The molecule has 2 aliphatic rings. The largest absolute Gasteiger partial charge is 0.426 e. The fourth-order valence-electron chi connectivity index (χ4n) is 4.32. The molecule has 2 aromatic rings. The zero-order valence-electron chi connectivity index (χ0n) is 24.6. The lowest BCUT2D eigenvalue weighted by molar-refractivity contribution is -0.0673. The van der Waals surface area contributed by atoms with Gasteiger partial charge < -0.3 is 27.1 Å². The monoisotopic (exact) mass is 562 g/mol. The van der Waals surface area contributed by atoms with Crippen LogP contribution in [-0.2, 0) is 34.3 Å². The molecule has 1 spiro atoms. The van der Waals surface area contributed by atoms with Gasteiger partial charge in [-0.1, -0.05) is 92.1 Å². The molecule has 38 heavy (non-hydrogen) atoms. The summed E-state index contributed by atoms with van der Waals surface area (Å²) in [5.41, 5.74) is 4.35. The lowest BCUT2D eigenvalue weighted by atomic mass is 9.80. The van der Waals surface area contributed by atoms with Crippen molar-refractivity contribution in [3.63, 3.8) is 0 Å². The summed E-state index contributed by atoms with van der Waals surface area (Å²) in [7, 11) is -3.00. The van der Waals surface area contributed by atoms with Gasteiger partial charge >= 0.3 is 17.2 Å². The van der Waals surface area contributed by atoms with Crippen LogP contribution in [0.15, 0.2) is 36.4 Å². The van der Waals surface area contributed by atoms with Crippen LogP contribution in [0.4, 0.5) is 0 Å². The highest BCUT2D eigenvalue weighted by Crippen LogP contribution is 2.54. The maximum atomic E-state index is 6.29. The maximum Gasteiger partial charge on any atom is 0.397 e. The van der Waals surface area contributed by atoms with Gasteiger partial charge in [0.05, 0.1) is 31.8 Å². The van der Waals surface area contributed by atoms with Gasteiger partial charge in [-0.2, -0.15) is 0 Å². The van der Waals surface area contributed by atoms with Gasteiger partial charge in [-0.25, -0.2) is 0 Å². The van der Waals surface area contributed by atoms with E-state index in [-0.39, 0.29) is 21.7 Å². The average molecular weight is 563 g/mol. The highest BCUT2D eigenvalue weighted by atomic mass is 31.2. The molecule has 0 unspecified atom stereocenters. The van der Waals surface area contributed by atoms with Crippen LogP contribution in [0.1, 0.15) is 84.6 Å². The Balaban J connectivity index is 1.35. The Morgan fingerprint density at radius 3 is 1.45 bits per heavy atom. The number of rotatable bonds is 4. The second-order valence-electron chi connectivity index (χ2n) is 13.7. The van der Waals surface area contributed by atoms with Gasteiger partial charge in [0, 0.05) is 11.1 Å². The Morgan fingerprint density at radius 2 is 1.03 bits per heavy atom. The first kappa shape index (κ1) is 29.7. The molecular formula is C30H44O6P2. The van der Waals surface area contributed by atoms with E-state index < -0.39 is 17.2 Å². The Kier molecular flexibility index (Phi) is 8.57. The van der Waals surface area contributed by atoms with Gasteiger partial charge in [0.15, 0.2) is 0 Å². The molecule has 2 fully saturated rings. The molecule has 6 nitrogen and oxygen atoms in total. The molecular weight excluding hydrogens is 518 g/mol. The second-order valence-corrected chi connectivity index (χ2v) is 16.0. The first-order valence-electron chi connectivity index (χ1n) is 13.3. The Morgan fingerprint density at radius 1 is 0.605 bits per heavy atom. The van der Waals surface area contributed by atoms with E-state index in [1.54, 1.807) is 0 Å². The summed E-state index contributed by atoms with van der Waals surface area (Å²) in [6.45, 7) is 23.7. The minimum Gasteiger partial charge on any atom is -0.426 e. The zero-order chi connectivity index (χ0) is 27.9. The molecule has 4 rings (SSSR count).